The summed E-state index contributed by atoms with van der Waals surface area (Å²) in [7, 11) is 0. The van der Waals surface area contributed by atoms with Crippen LogP contribution in [0.25, 0.3) is 0 Å². The molecule has 2 heterocycles. The van der Waals surface area contributed by atoms with Gasteiger partial charge in [0.25, 0.3) is 0 Å². The highest BCUT2D eigenvalue weighted by Gasteiger charge is 2.32. The smallest absolute Gasteiger partial charge is 0.310 e. The van der Waals surface area contributed by atoms with Crippen molar-refractivity contribution in [2.45, 2.75) is 50.5 Å². The Bertz CT molecular complexity index is 487. The zero-order valence-electron chi connectivity index (χ0n) is 12.0. The summed E-state index contributed by atoms with van der Waals surface area (Å²) in [6, 6.07) is 6.72. The summed E-state index contributed by atoms with van der Waals surface area (Å²) in [6.07, 6.45) is 0.506. The lowest BCUT2D eigenvalue weighted by Crippen LogP contribution is -2.45. The van der Waals surface area contributed by atoms with Crippen LogP contribution in [0.5, 0.6) is 0 Å². The van der Waals surface area contributed by atoms with Gasteiger partial charge in [-0.05, 0) is 50.4 Å². The fourth-order valence-corrected chi connectivity index (χ4v) is 3.53. The van der Waals surface area contributed by atoms with Gasteiger partial charge in [-0.15, -0.1) is 0 Å². The van der Waals surface area contributed by atoms with Gasteiger partial charge in [0.05, 0.1) is 5.56 Å². The second-order valence-electron chi connectivity index (χ2n) is 6.13. The second kappa shape index (κ2) is 5.97. The lowest BCUT2D eigenvalue weighted by atomic mass is 9.97. The van der Waals surface area contributed by atoms with Gasteiger partial charge in [-0.25, -0.2) is 0 Å². The Hall–Kier alpha value is -1.07. The fraction of sp³-hybridized carbons (Fsp3) is 0.625. The van der Waals surface area contributed by atoms with Crippen LogP contribution in [0.3, 0.4) is 0 Å². The van der Waals surface area contributed by atoms with Gasteiger partial charge in [0.1, 0.15) is 0 Å². The number of nitrogens with one attached hydrogen (secondary N) is 1. The number of halogens is 3. The van der Waals surface area contributed by atoms with Crippen LogP contribution in [0.2, 0.25) is 0 Å². The summed E-state index contributed by atoms with van der Waals surface area (Å²) >= 11 is 0. The van der Waals surface area contributed by atoms with E-state index in [0.717, 1.165) is 25.5 Å². The van der Waals surface area contributed by atoms with Crippen molar-refractivity contribution < 1.29 is 13.2 Å². The van der Waals surface area contributed by atoms with Crippen molar-refractivity contribution in [3.63, 3.8) is 0 Å². The number of benzene rings is 1. The number of hydrogen-bond acceptors (Lipinski definition) is 2. The summed E-state index contributed by atoms with van der Waals surface area (Å²) in [5, 5.41) is 3.44. The third-order valence-corrected chi connectivity index (χ3v) is 4.67. The van der Waals surface area contributed by atoms with Crippen LogP contribution in [0.4, 0.5) is 13.2 Å². The van der Waals surface area contributed by atoms with Gasteiger partial charge in [0.2, 0.25) is 0 Å². The zero-order valence-corrected chi connectivity index (χ0v) is 12.0. The molecule has 5 heteroatoms. The third-order valence-electron chi connectivity index (χ3n) is 4.67. The van der Waals surface area contributed by atoms with E-state index in [9.17, 15) is 13.2 Å². The van der Waals surface area contributed by atoms with E-state index in [1.807, 2.05) is 0 Å². The molecule has 0 amide bonds. The van der Waals surface area contributed by atoms with Crippen LogP contribution in [0.1, 0.15) is 36.8 Å². The Labute approximate surface area is 123 Å². The molecular weight excluding hydrogens is 277 g/mol. The molecule has 1 aromatic rings. The van der Waals surface area contributed by atoms with E-state index in [4.69, 9.17) is 0 Å². The van der Waals surface area contributed by atoms with Crippen LogP contribution in [0.15, 0.2) is 24.3 Å². The van der Waals surface area contributed by atoms with Crippen molar-refractivity contribution in [3.8, 4) is 0 Å². The Balaban J connectivity index is 1.55. The number of alkyl halides is 3. The maximum Gasteiger partial charge on any atom is 0.416 e. The van der Waals surface area contributed by atoms with Gasteiger partial charge in [-0.2, -0.15) is 13.2 Å². The van der Waals surface area contributed by atoms with E-state index in [1.54, 1.807) is 6.07 Å². The molecule has 2 saturated heterocycles. The molecule has 2 unspecified atom stereocenters. The van der Waals surface area contributed by atoms with Crippen molar-refractivity contribution in [2.24, 2.45) is 0 Å². The largest absolute Gasteiger partial charge is 0.416 e. The van der Waals surface area contributed by atoms with E-state index in [1.165, 1.54) is 31.5 Å². The summed E-state index contributed by atoms with van der Waals surface area (Å²) in [4.78, 5) is 2.54. The number of hydrogen-bond donors (Lipinski definition) is 1. The van der Waals surface area contributed by atoms with Crippen molar-refractivity contribution in [1.82, 2.24) is 10.2 Å². The second-order valence-corrected chi connectivity index (χ2v) is 6.13. The van der Waals surface area contributed by atoms with E-state index >= 15 is 0 Å². The minimum absolute atomic E-state index is 0.430. The molecule has 2 fully saturated rings. The van der Waals surface area contributed by atoms with Crippen molar-refractivity contribution in [1.29, 1.82) is 0 Å². The van der Waals surface area contributed by atoms with E-state index < -0.39 is 11.7 Å². The predicted octanol–water partition coefficient (Wildman–Crippen LogP) is 3.42. The molecule has 2 aliphatic rings. The van der Waals surface area contributed by atoms with Crippen LogP contribution < -0.4 is 5.32 Å². The molecule has 2 aliphatic heterocycles. The molecule has 3 rings (SSSR count). The maximum atomic E-state index is 12.7. The van der Waals surface area contributed by atoms with Gasteiger partial charge in [0, 0.05) is 18.6 Å². The molecule has 0 aliphatic carbocycles. The molecule has 1 aromatic carbocycles. The first-order chi connectivity index (χ1) is 10.0. The van der Waals surface area contributed by atoms with Crippen LogP contribution in [0, 0.1) is 0 Å². The molecule has 21 heavy (non-hydrogen) atoms. The highest BCUT2D eigenvalue weighted by Crippen LogP contribution is 2.30. The standard InChI is InChI=1S/C16H21F3N2/c17-16(18,19)13-4-1-3-12(9-13)11-20-14-6-8-21-7-2-5-15(21)10-14/h1,3-4,9,14-15,20H,2,5-8,10-11H2. The van der Waals surface area contributed by atoms with Crippen molar-refractivity contribution >= 4 is 0 Å². The van der Waals surface area contributed by atoms with E-state index in [-0.39, 0.29) is 0 Å². The van der Waals surface area contributed by atoms with E-state index in [0.29, 0.717) is 24.2 Å². The minimum atomic E-state index is -4.26. The molecule has 2 nitrogen and oxygen atoms in total. The average molecular weight is 298 g/mol. The van der Waals surface area contributed by atoms with Crippen LogP contribution in [-0.4, -0.2) is 30.1 Å². The van der Waals surface area contributed by atoms with Crippen LogP contribution >= 0.6 is 0 Å². The molecule has 0 bridgehead atoms. The van der Waals surface area contributed by atoms with Gasteiger partial charge < -0.3 is 10.2 Å². The number of nitrogens with zero attached hydrogens (tertiary/aromatic N) is 1. The topological polar surface area (TPSA) is 15.3 Å². The monoisotopic (exact) mass is 298 g/mol. The molecule has 0 aromatic heterocycles. The van der Waals surface area contributed by atoms with E-state index in [2.05, 4.69) is 10.2 Å². The van der Waals surface area contributed by atoms with Gasteiger partial charge >= 0.3 is 6.18 Å². The molecule has 2 atom stereocenters. The summed E-state index contributed by atoms with van der Waals surface area (Å²) in [5.41, 5.74) is 0.145. The summed E-state index contributed by atoms with van der Waals surface area (Å²) in [6.45, 7) is 2.84. The number of rotatable bonds is 3. The lowest BCUT2D eigenvalue weighted by molar-refractivity contribution is -0.137. The Kier molecular flexibility index (Phi) is 4.22. The number of fused-ring (bicyclic) bond motifs is 1. The molecule has 116 valence electrons. The summed E-state index contributed by atoms with van der Waals surface area (Å²) < 4.78 is 38.1. The minimum Gasteiger partial charge on any atom is -0.310 e. The third kappa shape index (κ3) is 3.58. The Morgan fingerprint density at radius 2 is 2.05 bits per heavy atom. The lowest BCUT2D eigenvalue weighted by Gasteiger charge is -2.35. The number of piperidine rings is 1. The molecule has 0 saturated carbocycles. The first-order valence-electron chi connectivity index (χ1n) is 7.66. The van der Waals surface area contributed by atoms with Crippen molar-refractivity contribution in [2.75, 3.05) is 13.1 Å². The molecule has 1 N–H and O–H groups in total. The van der Waals surface area contributed by atoms with Crippen molar-refractivity contribution in [3.05, 3.63) is 35.4 Å². The van der Waals surface area contributed by atoms with Gasteiger partial charge in [-0.1, -0.05) is 18.2 Å². The fourth-order valence-electron chi connectivity index (χ4n) is 3.53. The highest BCUT2D eigenvalue weighted by atomic mass is 19.4. The summed E-state index contributed by atoms with van der Waals surface area (Å²) in [5.74, 6) is 0. The molecule has 0 spiro atoms. The quantitative estimate of drug-likeness (QED) is 0.920. The normalized spacial score (nSPS) is 26.8. The van der Waals surface area contributed by atoms with Crippen LogP contribution in [-0.2, 0) is 12.7 Å². The van der Waals surface area contributed by atoms with Gasteiger partial charge in [0.15, 0.2) is 0 Å². The highest BCUT2D eigenvalue weighted by molar-refractivity contribution is 5.25. The van der Waals surface area contributed by atoms with Gasteiger partial charge in [-0.3, -0.25) is 0 Å². The zero-order chi connectivity index (χ0) is 14.9. The maximum absolute atomic E-state index is 12.7. The Morgan fingerprint density at radius 1 is 1.19 bits per heavy atom. The first-order valence-corrected chi connectivity index (χ1v) is 7.66. The molecule has 0 radical (unpaired) electrons. The Morgan fingerprint density at radius 3 is 2.86 bits per heavy atom. The first kappa shape index (κ1) is 14.9. The SMILES string of the molecule is FC(F)(F)c1cccc(CNC2CCN3CCCC3C2)c1. The average Bonchev–Trinajstić information content (AvgIpc) is 2.92. The predicted molar refractivity (Wildman–Crippen MR) is 75.9 cm³/mol. The molecular formula is C16H21F3N2.